The van der Waals surface area contributed by atoms with E-state index in [1.54, 1.807) is 18.3 Å². The number of Topliss-reactive ketones (excluding diaryl/α,β-unsaturated/α-hetero) is 1. The fourth-order valence-electron chi connectivity index (χ4n) is 3.53. The van der Waals surface area contributed by atoms with Crippen LogP contribution in [-0.4, -0.2) is 25.3 Å². The second-order valence-electron chi connectivity index (χ2n) is 6.56. The first-order valence-corrected chi connectivity index (χ1v) is 9.39. The van der Waals surface area contributed by atoms with Crippen LogP contribution in [0.5, 0.6) is 0 Å². The minimum absolute atomic E-state index is 0.0812. The van der Waals surface area contributed by atoms with Gasteiger partial charge >= 0.3 is 0 Å². The second kappa shape index (κ2) is 6.21. The van der Waals surface area contributed by atoms with Gasteiger partial charge in [-0.15, -0.1) is 11.3 Å². The number of fused-ring (bicyclic) bond motifs is 1. The average Bonchev–Trinajstić information content (AvgIpc) is 3.26. The highest BCUT2D eigenvalue weighted by molar-refractivity contribution is 7.10. The Morgan fingerprint density at radius 3 is 2.69 bits per heavy atom. The Morgan fingerprint density at radius 2 is 2.00 bits per heavy atom. The van der Waals surface area contributed by atoms with E-state index in [0.717, 1.165) is 50.1 Å². The van der Waals surface area contributed by atoms with E-state index in [9.17, 15) is 4.79 Å². The minimum Gasteiger partial charge on any atom is -0.356 e. The lowest BCUT2D eigenvalue weighted by Gasteiger charge is -2.00. The van der Waals surface area contributed by atoms with E-state index in [-0.39, 0.29) is 5.78 Å². The van der Waals surface area contributed by atoms with E-state index in [2.05, 4.69) is 15.6 Å². The van der Waals surface area contributed by atoms with Crippen molar-refractivity contribution in [1.29, 1.82) is 0 Å². The van der Waals surface area contributed by atoms with Crippen molar-refractivity contribution in [2.75, 3.05) is 0 Å². The third-order valence-electron chi connectivity index (χ3n) is 4.79. The van der Waals surface area contributed by atoms with Crippen molar-refractivity contribution in [3.8, 4) is 11.4 Å². The molecule has 0 aliphatic rings. The topological polar surface area (TPSA) is 63.6 Å². The largest absolute Gasteiger partial charge is 0.356 e. The normalized spacial score (nSPS) is 11.4. The molecule has 6 heteroatoms. The van der Waals surface area contributed by atoms with Crippen molar-refractivity contribution >= 4 is 28.2 Å². The Balaban J connectivity index is 1.67. The maximum absolute atomic E-state index is 11.9. The van der Waals surface area contributed by atoms with Gasteiger partial charge in [0, 0.05) is 23.7 Å². The summed E-state index contributed by atoms with van der Waals surface area (Å²) in [7, 11) is 2.04. The number of nitrogens with zero attached hydrogens (tertiary/aromatic N) is 3. The number of nitrogens with one attached hydrogen (secondary N) is 1. The number of imidazole rings is 1. The van der Waals surface area contributed by atoms with E-state index in [1.807, 2.05) is 44.5 Å². The summed E-state index contributed by atoms with van der Waals surface area (Å²) in [6.45, 7) is 5.51. The summed E-state index contributed by atoms with van der Waals surface area (Å²) in [4.78, 5) is 24.7. The fourth-order valence-corrected chi connectivity index (χ4v) is 4.31. The third-order valence-corrected chi connectivity index (χ3v) is 5.64. The number of H-pyrrole nitrogens is 1. The number of hydrogen-bond donors (Lipinski definition) is 1. The molecule has 0 saturated carbocycles. The lowest BCUT2D eigenvalue weighted by atomic mass is 10.1. The molecule has 0 amide bonds. The van der Waals surface area contributed by atoms with Crippen LogP contribution < -0.4 is 0 Å². The van der Waals surface area contributed by atoms with E-state index in [1.165, 1.54) is 0 Å². The molecule has 1 aromatic carbocycles. The molecule has 26 heavy (non-hydrogen) atoms. The molecule has 0 spiro atoms. The quantitative estimate of drug-likeness (QED) is 0.545. The molecule has 3 heterocycles. The van der Waals surface area contributed by atoms with Crippen LogP contribution in [0.4, 0.5) is 0 Å². The van der Waals surface area contributed by atoms with Crippen LogP contribution >= 0.6 is 11.3 Å². The molecule has 0 unspecified atom stereocenters. The van der Waals surface area contributed by atoms with Crippen molar-refractivity contribution < 1.29 is 4.79 Å². The Kier molecular flexibility index (Phi) is 4.00. The predicted molar refractivity (Wildman–Crippen MR) is 105 cm³/mol. The molecule has 3 aromatic heterocycles. The van der Waals surface area contributed by atoms with Gasteiger partial charge in [-0.3, -0.25) is 4.79 Å². The number of carbonyl (C=O) groups excluding carboxylic acids is 1. The number of aromatic amines is 1. The number of ketones is 1. The Labute approximate surface area is 155 Å². The first kappa shape index (κ1) is 16.7. The highest BCUT2D eigenvalue weighted by Crippen LogP contribution is 2.29. The molecule has 0 atom stereocenters. The van der Waals surface area contributed by atoms with Crippen LogP contribution in [0.1, 0.15) is 39.4 Å². The minimum atomic E-state index is 0.0812. The number of hydrogen-bond acceptors (Lipinski definition) is 4. The highest BCUT2D eigenvalue weighted by Gasteiger charge is 2.18. The molecule has 4 aromatic rings. The third kappa shape index (κ3) is 2.66. The van der Waals surface area contributed by atoms with Crippen molar-refractivity contribution in [3.05, 3.63) is 57.3 Å². The molecule has 0 saturated heterocycles. The van der Waals surface area contributed by atoms with E-state index >= 15 is 0 Å². The van der Waals surface area contributed by atoms with Gasteiger partial charge in [-0.25, -0.2) is 9.97 Å². The van der Waals surface area contributed by atoms with Gasteiger partial charge in [-0.05, 0) is 38.5 Å². The Hall–Kier alpha value is -2.73. The number of aryl methyl sites for hydroxylation is 2. The predicted octanol–water partition coefficient (Wildman–Crippen LogP) is 4.44. The molecule has 4 rings (SSSR count). The SMILES string of the molecule is CC(=O)c1c(C)[nH]c(-c2csc(Cc3nc4ccccc4n3C)n2)c1C. The van der Waals surface area contributed by atoms with Gasteiger partial charge in [0.05, 0.1) is 28.8 Å². The number of thiazole rings is 1. The Bertz CT molecular complexity index is 1130. The molecule has 132 valence electrons. The smallest absolute Gasteiger partial charge is 0.161 e. The van der Waals surface area contributed by atoms with Crippen LogP contribution in [0, 0.1) is 13.8 Å². The fraction of sp³-hybridized carbons (Fsp3) is 0.250. The summed E-state index contributed by atoms with van der Waals surface area (Å²) in [6.07, 6.45) is 0.689. The van der Waals surface area contributed by atoms with Crippen LogP contribution in [0.25, 0.3) is 22.4 Å². The molecule has 5 nitrogen and oxygen atoms in total. The van der Waals surface area contributed by atoms with Crippen molar-refractivity contribution in [2.24, 2.45) is 7.05 Å². The first-order valence-electron chi connectivity index (χ1n) is 8.51. The second-order valence-corrected chi connectivity index (χ2v) is 7.50. The van der Waals surface area contributed by atoms with Crippen molar-refractivity contribution in [1.82, 2.24) is 19.5 Å². The van der Waals surface area contributed by atoms with E-state index in [0.29, 0.717) is 6.42 Å². The van der Waals surface area contributed by atoms with Crippen molar-refractivity contribution in [3.63, 3.8) is 0 Å². The lowest BCUT2D eigenvalue weighted by molar-refractivity contribution is 0.101. The molecular formula is C20H20N4OS. The van der Waals surface area contributed by atoms with Gasteiger partial charge < -0.3 is 9.55 Å². The van der Waals surface area contributed by atoms with Gasteiger partial charge in [-0.1, -0.05) is 12.1 Å². The molecule has 1 N–H and O–H groups in total. The van der Waals surface area contributed by atoms with Crippen LogP contribution in [0.15, 0.2) is 29.6 Å². The molecule has 0 fully saturated rings. The number of aromatic nitrogens is 4. The van der Waals surface area contributed by atoms with Gasteiger partial charge in [-0.2, -0.15) is 0 Å². The van der Waals surface area contributed by atoms with Crippen LogP contribution in [-0.2, 0) is 13.5 Å². The summed E-state index contributed by atoms with van der Waals surface area (Å²) in [6, 6.07) is 8.13. The zero-order chi connectivity index (χ0) is 18.4. The molecule has 0 aliphatic heterocycles. The van der Waals surface area contributed by atoms with Crippen LogP contribution in [0.3, 0.4) is 0 Å². The van der Waals surface area contributed by atoms with E-state index in [4.69, 9.17) is 9.97 Å². The summed E-state index contributed by atoms with van der Waals surface area (Å²) >= 11 is 1.62. The standard InChI is InChI=1S/C20H20N4OS/c1-11-19(13(3)25)12(2)21-20(11)15-10-26-18(23-15)9-17-22-14-7-5-6-8-16(14)24(17)4/h5-8,10,21H,9H2,1-4H3. The van der Waals surface area contributed by atoms with Gasteiger partial charge in [0.1, 0.15) is 10.8 Å². The maximum Gasteiger partial charge on any atom is 0.161 e. The Morgan fingerprint density at radius 1 is 1.23 bits per heavy atom. The highest BCUT2D eigenvalue weighted by atomic mass is 32.1. The maximum atomic E-state index is 11.9. The van der Waals surface area contributed by atoms with Crippen LogP contribution in [0.2, 0.25) is 0 Å². The monoisotopic (exact) mass is 364 g/mol. The molecule has 0 bridgehead atoms. The number of carbonyl (C=O) groups is 1. The summed E-state index contributed by atoms with van der Waals surface area (Å²) in [5.41, 5.74) is 6.58. The van der Waals surface area contributed by atoms with Gasteiger partial charge in [0.2, 0.25) is 0 Å². The molecular weight excluding hydrogens is 344 g/mol. The zero-order valence-corrected chi connectivity index (χ0v) is 16.1. The first-order chi connectivity index (χ1) is 12.5. The lowest BCUT2D eigenvalue weighted by Crippen LogP contribution is -1.99. The van der Waals surface area contributed by atoms with E-state index < -0.39 is 0 Å². The van der Waals surface area contributed by atoms with Gasteiger partial charge in [0.15, 0.2) is 5.78 Å². The van der Waals surface area contributed by atoms with Gasteiger partial charge in [0.25, 0.3) is 0 Å². The average molecular weight is 364 g/mol. The zero-order valence-electron chi connectivity index (χ0n) is 15.3. The number of benzene rings is 1. The number of para-hydroxylation sites is 2. The summed E-state index contributed by atoms with van der Waals surface area (Å²) in [5, 5.41) is 3.05. The summed E-state index contributed by atoms with van der Waals surface area (Å²) in [5.74, 6) is 1.08. The molecule has 0 radical (unpaired) electrons. The number of rotatable bonds is 4. The summed E-state index contributed by atoms with van der Waals surface area (Å²) < 4.78 is 2.12. The molecule has 0 aliphatic carbocycles. The van der Waals surface area contributed by atoms with Crippen molar-refractivity contribution in [2.45, 2.75) is 27.2 Å².